The van der Waals surface area contributed by atoms with Gasteiger partial charge in [0.2, 0.25) is 0 Å². The van der Waals surface area contributed by atoms with Crippen molar-refractivity contribution >= 4 is 15.9 Å². The minimum Gasteiger partial charge on any atom is -0.367 e. The largest absolute Gasteiger partial charge is 0.367 e. The fourth-order valence-electron chi connectivity index (χ4n) is 1.91. The summed E-state index contributed by atoms with van der Waals surface area (Å²) in [5, 5.41) is 0. The van der Waals surface area contributed by atoms with Crippen LogP contribution in [0.15, 0.2) is 59.1 Å². The summed E-state index contributed by atoms with van der Waals surface area (Å²) in [7, 11) is 0. The van der Waals surface area contributed by atoms with Crippen LogP contribution in [0.1, 0.15) is 25.5 Å². The molecule has 1 unspecified atom stereocenters. The Hall–Kier alpha value is -1.16. The molecule has 0 N–H and O–H groups in total. The molecule has 0 saturated carbocycles. The van der Waals surface area contributed by atoms with Crippen molar-refractivity contribution in [1.82, 2.24) is 4.90 Å². The van der Waals surface area contributed by atoms with Crippen LogP contribution in [0.25, 0.3) is 0 Å². The Morgan fingerprint density at radius 1 is 1.05 bits per heavy atom. The zero-order chi connectivity index (χ0) is 19.4. The van der Waals surface area contributed by atoms with Crippen molar-refractivity contribution < 1.29 is 13.0 Å². The summed E-state index contributed by atoms with van der Waals surface area (Å²) >= 11 is 3.39. The molecule has 0 fully saturated rings. The van der Waals surface area contributed by atoms with E-state index in [9.17, 15) is 0 Å². The van der Waals surface area contributed by atoms with Gasteiger partial charge in [-0.1, -0.05) is 58.4 Å². The molecule has 0 bridgehead atoms. The summed E-state index contributed by atoms with van der Waals surface area (Å²) in [6, 6.07) is 17.1. The lowest BCUT2D eigenvalue weighted by Crippen LogP contribution is -2.20. The Bertz CT molecular complexity index is 673. The minimum absolute atomic E-state index is 0.0353. The van der Waals surface area contributed by atoms with E-state index in [1.807, 2.05) is 54.6 Å². The molecule has 0 spiro atoms. The first-order chi connectivity index (χ1) is 12.1. The Morgan fingerprint density at radius 3 is 2.35 bits per heavy atom. The van der Waals surface area contributed by atoms with Gasteiger partial charge in [-0.15, -0.1) is 0 Å². The van der Waals surface area contributed by atoms with Crippen LogP contribution in [-0.2, 0) is 4.74 Å². The second-order valence-corrected chi connectivity index (χ2v) is 5.28. The Labute approximate surface area is 137 Å². The minimum atomic E-state index is -2.71. The molecular formula is C17H20BrNO. The van der Waals surface area contributed by atoms with Crippen molar-refractivity contribution in [3.05, 3.63) is 70.2 Å². The lowest BCUT2D eigenvalue weighted by Gasteiger charge is -2.20. The van der Waals surface area contributed by atoms with E-state index >= 15 is 0 Å². The van der Waals surface area contributed by atoms with E-state index in [1.54, 1.807) is 0 Å². The maximum atomic E-state index is 7.42. The molecule has 0 heterocycles. The predicted octanol–water partition coefficient (Wildman–Crippen LogP) is 4.12. The Kier molecular flexibility index (Phi) is 3.40. The van der Waals surface area contributed by atoms with Crippen LogP contribution in [0.4, 0.5) is 0 Å². The van der Waals surface area contributed by atoms with Crippen molar-refractivity contribution in [3.8, 4) is 0 Å². The van der Waals surface area contributed by atoms with E-state index in [-0.39, 0.29) is 13.2 Å². The standard InChI is InChI=1S/C17H20BrNO/c1-19(2)12-13-20-17(14-6-4-3-5-7-14)15-8-10-16(18)11-9-15/h3-11,17H,12-13H2,1-2H3/i1D3,2D3. The highest BCUT2D eigenvalue weighted by Crippen LogP contribution is 2.27. The Balaban J connectivity index is 2.16. The first-order valence-corrected chi connectivity index (χ1v) is 7.08. The van der Waals surface area contributed by atoms with Gasteiger partial charge in [0.25, 0.3) is 0 Å². The second kappa shape index (κ2) is 7.58. The molecule has 1 atom stereocenters. The van der Waals surface area contributed by atoms with Crippen LogP contribution in [-0.4, -0.2) is 32.0 Å². The van der Waals surface area contributed by atoms with E-state index in [1.165, 1.54) is 0 Å². The number of hydrogen-bond donors (Lipinski definition) is 0. The molecule has 0 aliphatic heterocycles. The zero-order valence-electron chi connectivity index (χ0n) is 16.9. The summed E-state index contributed by atoms with van der Waals surface area (Å²) < 4.78 is 51.4. The molecule has 0 radical (unpaired) electrons. The van der Waals surface area contributed by atoms with Gasteiger partial charge in [0.15, 0.2) is 0 Å². The number of hydrogen-bond acceptors (Lipinski definition) is 2. The van der Waals surface area contributed by atoms with Crippen molar-refractivity contribution in [2.24, 2.45) is 0 Å². The number of likely N-dealkylation sites (N-methyl/N-ethyl adjacent to an activating group) is 1. The van der Waals surface area contributed by atoms with Gasteiger partial charge in [0.05, 0.1) is 6.61 Å². The molecule has 3 heteroatoms. The van der Waals surface area contributed by atoms with E-state index in [4.69, 9.17) is 13.0 Å². The van der Waals surface area contributed by atoms with Gasteiger partial charge in [-0.05, 0) is 37.2 Å². The number of benzene rings is 2. The third-order valence-electron chi connectivity index (χ3n) is 2.87. The van der Waals surface area contributed by atoms with E-state index in [0.29, 0.717) is 4.90 Å². The fraction of sp³-hybridized carbons (Fsp3) is 0.294. The molecular weight excluding hydrogens is 314 g/mol. The van der Waals surface area contributed by atoms with Gasteiger partial charge >= 0.3 is 0 Å². The lowest BCUT2D eigenvalue weighted by atomic mass is 10.0. The number of halogens is 1. The summed E-state index contributed by atoms with van der Waals surface area (Å²) in [6.45, 7) is -5.69. The van der Waals surface area contributed by atoms with Gasteiger partial charge in [0.1, 0.15) is 6.10 Å². The smallest absolute Gasteiger partial charge is 0.108 e. The summed E-state index contributed by atoms with van der Waals surface area (Å²) in [6.07, 6.45) is -0.417. The molecule has 0 aliphatic rings. The topological polar surface area (TPSA) is 12.5 Å². The van der Waals surface area contributed by atoms with Crippen LogP contribution in [0.3, 0.4) is 0 Å². The summed E-state index contributed by atoms with van der Waals surface area (Å²) in [4.78, 5) is 0.504. The number of nitrogens with zero attached hydrogens (tertiary/aromatic N) is 1. The van der Waals surface area contributed by atoms with E-state index in [0.717, 1.165) is 15.6 Å². The van der Waals surface area contributed by atoms with Crippen LogP contribution in [0.2, 0.25) is 0 Å². The van der Waals surface area contributed by atoms with Crippen molar-refractivity contribution in [2.45, 2.75) is 6.10 Å². The van der Waals surface area contributed by atoms with Crippen LogP contribution < -0.4 is 0 Å². The third kappa shape index (κ3) is 4.44. The monoisotopic (exact) mass is 339 g/mol. The van der Waals surface area contributed by atoms with Gasteiger partial charge in [-0.3, -0.25) is 0 Å². The highest BCUT2D eigenvalue weighted by molar-refractivity contribution is 9.10. The van der Waals surface area contributed by atoms with E-state index < -0.39 is 20.1 Å². The molecule has 2 aromatic rings. The van der Waals surface area contributed by atoms with Crippen molar-refractivity contribution in [1.29, 1.82) is 0 Å². The first kappa shape index (κ1) is 8.98. The van der Waals surface area contributed by atoms with Crippen LogP contribution in [0.5, 0.6) is 0 Å². The summed E-state index contributed by atoms with van der Waals surface area (Å²) in [5.74, 6) is 0. The maximum Gasteiger partial charge on any atom is 0.108 e. The molecule has 2 aromatic carbocycles. The predicted molar refractivity (Wildman–Crippen MR) is 86.9 cm³/mol. The van der Waals surface area contributed by atoms with Crippen molar-refractivity contribution in [2.75, 3.05) is 27.1 Å². The van der Waals surface area contributed by atoms with Crippen LogP contribution >= 0.6 is 15.9 Å². The fourth-order valence-corrected chi connectivity index (χ4v) is 2.18. The molecule has 0 aromatic heterocycles. The summed E-state index contributed by atoms with van der Waals surface area (Å²) in [5.41, 5.74) is 1.80. The second-order valence-electron chi connectivity index (χ2n) is 4.36. The highest BCUT2D eigenvalue weighted by Gasteiger charge is 2.14. The SMILES string of the molecule is [2H]C([2H])([2H])N(CCOC(c1ccccc1)c1ccc(Br)cc1)C([2H])([2H])[2H]. The van der Waals surface area contributed by atoms with Crippen LogP contribution in [0, 0.1) is 0 Å². The number of ether oxygens (including phenoxy) is 1. The van der Waals surface area contributed by atoms with Gasteiger partial charge in [0, 0.05) is 19.2 Å². The van der Waals surface area contributed by atoms with Gasteiger partial charge in [-0.25, -0.2) is 0 Å². The molecule has 0 saturated heterocycles. The van der Waals surface area contributed by atoms with Gasteiger partial charge < -0.3 is 9.64 Å². The third-order valence-corrected chi connectivity index (χ3v) is 3.40. The zero-order valence-corrected chi connectivity index (χ0v) is 12.5. The average molecular weight is 340 g/mol. The first-order valence-electron chi connectivity index (χ1n) is 9.29. The molecule has 20 heavy (non-hydrogen) atoms. The highest BCUT2D eigenvalue weighted by atomic mass is 79.9. The number of rotatable bonds is 6. The molecule has 2 nitrogen and oxygen atoms in total. The molecule has 0 amide bonds. The maximum absolute atomic E-state index is 7.42. The van der Waals surface area contributed by atoms with Gasteiger partial charge in [-0.2, -0.15) is 0 Å². The molecule has 0 aliphatic carbocycles. The Morgan fingerprint density at radius 2 is 1.70 bits per heavy atom. The quantitative estimate of drug-likeness (QED) is 0.784. The molecule has 106 valence electrons. The lowest BCUT2D eigenvalue weighted by molar-refractivity contribution is 0.0687. The average Bonchev–Trinajstić information content (AvgIpc) is 2.54. The molecule has 2 rings (SSSR count). The normalized spacial score (nSPS) is 18.3. The van der Waals surface area contributed by atoms with E-state index in [2.05, 4.69) is 15.9 Å². The van der Waals surface area contributed by atoms with Crippen molar-refractivity contribution in [3.63, 3.8) is 0 Å².